The number of hydrogen-bond donors (Lipinski definition) is 3. The summed E-state index contributed by atoms with van der Waals surface area (Å²) in [7, 11) is 0. The summed E-state index contributed by atoms with van der Waals surface area (Å²) in [5, 5.41) is 12.0. The van der Waals surface area contributed by atoms with Crippen LogP contribution >= 0.6 is 11.8 Å². The van der Waals surface area contributed by atoms with Crippen molar-refractivity contribution in [1.29, 1.82) is 0 Å². The molecule has 0 aliphatic rings. The van der Waals surface area contributed by atoms with E-state index in [1.807, 2.05) is 68.6 Å². The van der Waals surface area contributed by atoms with Crippen molar-refractivity contribution < 1.29 is 14.7 Å². The lowest BCUT2D eigenvalue weighted by Gasteiger charge is -2.17. The summed E-state index contributed by atoms with van der Waals surface area (Å²) in [4.78, 5) is 24.2. The van der Waals surface area contributed by atoms with Crippen LogP contribution < -0.4 is 11.1 Å². The minimum atomic E-state index is -1.01. The Morgan fingerprint density at radius 1 is 1.00 bits per heavy atom. The van der Waals surface area contributed by atoms with Gasteiger partial charge in [-0.25, -0.2) is 4.79 Å². The minimum Gasteiger partial charge on any atom is -0.480 e. The summed E-state index contributed by atoms with van der Waals surface area (Å²) in [5.41, 5.74) is 12.2. The van der Waals surface area contributed by atoms with E-state index >= 15 is 0 Å². The van der Waals surface area contributed by atoms with Gasteiger partial charge in [-0.3, -0.25) is 4.79 Å². The molecule has 3 rings (SSSR count). The fourth-order valence-corrected chi connectivity index (χ4v) is 4.22. The lowest BCUT2D eigenvalue weighted by molar-refractivity contribution is -0.139. The van der Waals surface area contributed by atoms with E-state index in [9.17, 15) is 14.7 Å². The van der Waals surface area contributed by atoms with Crippen LogP contribution in [0.2, 0.25) is 0 Å². The number of aryl methyl sites for hydroxylation is 3. The van der Waals surface area contributed by atoms with Gasteiger partial charge < -0.3 is 16.2 Å². The van der Waals surface area contributed by atoms with Crippen molar-refractivity contribution in [3.8, 4) is 11.1 Å². The number of nitrogen functional groups attached to an aromatic ring is 1. The first-order chi connectivity index (χ1) is 17.3. The highest BCUT2D eigenvalue weighted by molar-refractivity contribution is 7.98. The Balaban J connectivity index is 0.000000346. The molecular formula is C30H38N2O3S. The largest absolute Gasteiger partial charge is 0.480 e. The second-order valence-corrected chi connectivity index (χ2v) is 9.84. The molecule has 1 unspecified atom stereocenters. The van der Waals surface area contributed by atoms with Gasteiger partial charge in [-0.1, -0.05) is 67.4 Å². The maximum atomic E-state index is 12.8. The van der Waals surface area contributed by atoms with Crippen LogP contribution in [0.1, 0.15) is 53.2 Å². The molecule has 0 aromatic heterocycles. The van der Waals surface area contributed by atoms with E-state index < -0.39 is 12.0 Å². The zero-order chi connectivity index (χ0) is 26.5. The standard InChI is InChI=1S/C20H23NO3S.C10H15N/c1-13-8-9-16(17(12-13)15-7-5-4-6-14(15)2)19(22)21-18(20(23)24)10-11-25-3;1-2-3-4-9-5-7-10(11)8-6-9/h4-9,12,18H,10-11H2,1-3H3,(H,21,22)(H,23,24);5-8H,2-4,11H2,1H3. The first kappa shape index (κ1) is 29.0. The number of thioether (sulfide) groups is 1. The highest BCUT2D eigenvalue weighted by Gasteiger charge is 2.22. The van der Waals surface area contributed by atoms with Crippen LogP contribution in [-0.4, -0.2) is 35.0 Å². The molecule has 3 aromatic rings. The normalized spacial score (nSPS) is 11.2. The molecule has 0 saturated heterocycles. The number of aliphatic carboxylic acids is 1. The van der Waals surface area contributed by atoms with Gasteiger partial charge in [-0.2, -0.15) is 11.8 Å². The molecular weight excluding hydrogens is 468 g/mol. The fourth-order valence-electron chi connectivity index (χ4n) is 3.75. The van der Waals surface area contributed by atoms with Crippen molar-refractivity contribution in [1.82, 2.24) is 5.32 Å². The number of carboxylic acids is 1. The maximum absolute atomic E-state index is 12.8. The summed E-state index contributed by atoms with van der Waals surface area (Å²) >= 11 is 1.56. The van der Waals surface area contributed by atoms with Crippen molar-refractivity contribution in [2.75, 3.05) is 17.7 Å². The average Bonchev–Trinajstić information content (AvgIpc) is 2.86. The monoisotopic (exact) mass is 506 g/mol. The van der Waals surface area contributed by atoms with E-state index in [0.29, 0.717) is 17.7 Å². The molecule has 0 saturated carbocycles. The van der Waals surface area contributed by atoms with Gasteiger partial charge in [0.25, 0.3) is 5.91 Å². The molecule has 1 atom stereocenters. The van der Waals surface area contributed by atoms with Gasteiger partial charge in [0.15, 0.2) is 0 Å². The van der Waals surface area contributed by atoms with Gasteiger partial charge in [0.2, 0.25) is 0 Å². The topological polar surface area (TPSA) is 92.4 Å². The van der Waals surface area contributed by atoms with Crippen molar-refractivity contribution in [2.45, 2.75) is 52.5 Å². The zero-order valence-electron chi connectivity index (χ0n) is 21.7. The van der Waals surface area contributed by atoms with Gasteiger partial charge in [-0.15, -0.1) is 0 Å². The third-order valence-electron chi connectivity index (χ3n) is 5.87. The molecule has 1 amide bonds. The van der Waals surface area contributed by atoms with Crippen LogP contribution in [0, 0.1) is 13.8 Å². The van der Waals surface area contributed by atoms with E-state index in [2.05, 4.69) is 24.4 Å². The zero-order valence-corrected chi connectivity index (χ0v) is 22.5. The first-order valence-electron chi connectivity index (χ1n) is 12.3. The predicted molar refractivity (Wildman–Crippen MR) is 153 cm³/mol. The molecule has 5 nitrogen and oxygen atoms in total. The number of unbranched alkanes of at least 4 members (excludes halogenated alkanes) is 1. The lowest BCUT2D eigenvalue weighted by atomic mass is 9.94. The number of carbonyl (C=O) groups is 2. The number of benzene rings is 3. The molecule has 3 aromatic carbocycles. The Labute approximate surface area is 219 Å². The van der Waals surface area contributed by atoms with Crippen molar-refractivity contribution >= 4 is 29.3 Å². The number of nitrogens with two attached hydrogens (primary N) is 1. The number of carboxylic acid groups (broad SMARTS) is 1. The fraction of sp³-hybridized carbons (Fsp3) is 0.333. The van der Waals surface area contributed by atoms with Crippen LogP contribution in [0.25, 0.3) is 11.1 Å². The van der Waals surface area contributed by atoms with E-state index in [4.69, 9.17) is 5.73 Å². The Kier molecular flexibility index (Phi) is 12.1. The minimum absolute atomic E-state index is 0.355. The molecule has 0 radical (unpaired) electrons. The van der Waals surface area contributed by atoms with Crippen LogP contribution in [0.5, 0.6) is 0 Å². The molecule has 36 heavy (non-hydrogen) atoms. The summed E-state index contributed by atoms with van der Waals surface area (Å²) in [6, 6.07) is 20.7. The molecule has 0 aliphatic heterocycles. The molecule has 192 valence electrons. The van der Waals surface area contributed by atoms with Crippen molar-refractivity contribution in [2.24, 2.45) is 0 Å². The van der Waals surface area contributed by atoms with Crippen LogP contribution in [-0.2, 0) is 11.2 Å². The summed E-state index contributed by atoms with van der Waals surface area (Å²) in [5.74, 6) is -0.686. The SMILES string of the molecule is CCCCc1ccc(N)cc1.CSCCC(NC(=O)c1ccc(C)cc1-c1ccccc1C)C(=O)O. The van der Waals surface area contributed by atoms with Gasteiger partial charge >= 0.3 is 5.97 Å². The number of rotatable bonds is 10. The second kappa shape index (κ2) is 15.0. The average molecular weight is 507 g/mol. The van der Waals surface area contributed by atoms with Gasteiger partial charge in [0.1, 0.15) is 6.04 Å². The molecule has 0 spiro atoms. The van der Waals surface area contributed by atoms with Crippen LogP contribution in [0.4, 0.5) is 5.69 Å². The highest BCUT2D eigenvalue weighted by atomic mass is 32.2. The Bertz CT molecular complexity index is 1130. The molecule has 6 heteroatoms. The smallest absolute Gasteiger partial charge is 0.326 e. The van der Waals surface area contributed by atoms with E-state index in [-0.39, 0.29) is 5.91 Å². The number of nitrogens with one attached hydrogen (secondary N) is 1. The quantitative estimate of drug-likeness (QED) is 0.272. The predicted octanol–water partition coefficient (Wildman–Crippen LogP) is 6.52. The number of anilines is 1. The Morgan fingerprint density at radius 3 is 2.31 bits per heavy atom. The van der Waals surface area contributed by atoms with E-state index in [1.54, 1.807) is 17.8 Å². The highest BCUT2D eigenvalue weighted by Crippen LogP contribution is 2.28. The van der Waals surface area contributed by atoms with Gasteiger partial charge in [0, 0.05) is 11.3 Å². The molecule has 0 fully saturated rings. The Morgan fingerprint density at radius 2 is 1.69 bits per heavy atom. The van der Waals surface area contributed by atoms with E-state index in [1.165, 1.54) is 24.8 Å². The first-order valence-corrected chi connectivity index (χ1v) is 13.7. The molecule has 4 N–H and O–H groups in total. The summed E-state index contributed by atoms with van der Waals surface area (Å²) < 4.78 is 0. The second-order valence-electron chi connectivity index (χ2n) is 8.85. The van der Waals surface area contributed by atoms with Crippen LogP contribution in [0.15, 0.2) is 66.7 Å². The van der Waals surface area contributed by atoms with Gasteiger partial charge in [-0.05, 0) is 85.6 Å². The number of hydrogen-bond acceptors (Lipinski definition) is 4. The third-order valence-corrected chi connectivity index (χ3v) is 6.51. The van der Waals surface area contributed by atoms with E-state index in [0.717, 1.165) is 27.9 Å². The van der Waals surface area contributed by atoms with Crippen molar-refractivity contribution in [3.63, 3.8) is 0 Å². The maximum Gasteiger partial charge on any atom is 0.326 e. The number of amides is 1. The Hall–Kier alpha value is -3.25. The van der Waals surface area contributed by atoms with Crippen LogP contribution in [0.3, 0.4) is 0 Å². The number of carbonyl (C=O) groups excluding carboxylic acids is 1. The summed E-state index contributed by atoms with van der Waals surface area (Å²) in [6.45, 7) is 6.18. The third kappa shape index (κ3) is 9.08. The van der Waals surface area contributed by atoms with Gasteiger partial charge in [0.05, 0.1) is 0 Å². The molecule has 0 heterocycles. The van der Waals surface area contributed by atoms with Crippen molar-refractivity contribution in [3.05, 3.63) is 89.0 Å². The lowest BCUT2D eigenvalue weighted by Crippen LogP contribution is -2.41. The molecule has 0 bridgehead atoms. The molecule has 0 aliphatic carbocycles. The summed E-state index contributed by atoms with van der Waals surface area (Å²) in [6.07, 6.45) is 6.01.